The van der Waals surface area contributed by atoms with Crippen molar-refractivity contribution in [3.8, 4) is 0 Å². The summed E-state index contributed by atoms with van der Waals surface area (Å²) in [5, 5.41) is 6.37. The minimum absolute atomic E-state index is 0.706. The molecule has 0 unspecified atom stereocenters. The van der Waals surface area contributed by atoms with Gasteiger partial charge in [0.25, 0.3) is 0 Å². The number of hydrogen-bond donors (Lipinski definition) is 1. The van der Waals surface area contributed by atoms with Crippen LogP contribution >= 0.6 is 33.9 Å². The molecule has 6 heteroatoms. The monoisotopic (exact) mass is 332 g/mol. The van der Waals surface area contributed by atoms with Crippen molar-refractivity contribution in [2.75, 3.05) is 5.32 Å². The molecule has 15 heavy (non-hydrogen) atoms. The third kappa shape index (κ3) is 2.85. The van der Waals surface area contributed by atoms with Crippen molar-refractivity contribution in [3.63, 3.8) is 0 Å². The summed E-state index contributed by atoms with van der Waals surface area (Å²) in [6, 6.07) is 0. The van der Waals surface area contributed by atoms with E-state index in [-0.39, 0.29) is 0 Å². The molecule has 0 radical (unpaired) electrons. The van der Waals surface area contributed by atoms with Crippen molar-refractivity contribution in [1.82, 2.24) is 15.0 Å². The third-order valence-electron chi connectivity index (χ3n) is 1.77. The molecule has 78 valence electrons. The number of aromatic nitrogens is 3. The van der Waals surface area contributed by atoms with E-state index in [2.05, 4.69) is 48.2 Å². The van der Waals surface area contributed by atoms with Crippen LogP contribution in [0, 0.1) is 10.5 Å². The van der Waals surface area contributed by atoms with Crippen molar-refractivity contribution in [1.29, 1.82) is 0 Å². The number of halogens is 1. The molecule has 0 atom stereocenters. The summed E-state index contributed by atoms with van der Waals surface area (Å²) in [4.78, 5) is 12.4. The zero-order chi connectivity index (χ0) is 10.7. The van der Waals surface area contributed by atoms with Crippen molar-refractivity contribution in [2.24, 2.45) is 0 Å². The van der Waals surface area contributed by atoms with Crippen LogP contribution in [0.4, 0.5) is 5.82 Å². The Kier molecular flexibility index (Phi) is 3.47. The Balaban J connectivity index is 2.02. The van der Waals surface area contributed by atoms with Crippen LogP contribution in [-0.2, 0) is 6.54 Å². The minimum Gasteiger partial charge on any atom is -0.363 e. The van der Waals surface area contributed by atoms with Gasteiger partial charge in [-0.15, -0.1) is 11.3 Å². The second-order valence-corrected chi connectivity index (χ2v) is 5.16. The molecular formula is C9H9IN4S. The van der Waals surface area contributed by atoms with Gasteiger partial charge in [0.05, 0.1) is 20.8 Å². The lowest BCUT2D eigenvalue weighted by atomic mass is 10.4. The first-order valence-electron chi connectivity index (χ1n) is 4.36. The van der Waals surface area contributed by atoms with Crippen LogP contribution in [0.15, 0.2) is 17.9 Å². The van der Waals surface area contributed by atoms with Gasteiger partial charge in [0.1, 0.15) is 12.1 Å². The molecule has 0 spiro atoms. The van der Waals surface area contributed by atoms with Crippen LogP contribution < -0.4 is 5.32 Å². The molecule has 0 aliphatic rings. The Hall–Kier alpha value is -0.760. The highest BCUT2D eigenvalue weighted by atomic mass is 127. The lowest BCUT2D eigenvalue weighted by Gasteiger charge is -2.04. The summed E-state index contributed by atoms with van der Waals surface area (Å²) in [5.74, 6) is 0.858. The fourth-order valence-electron chi connectivity index (χ4n) is 1.11. The Bertz CT molecular complexity index is 457. The van der Waals surface area contributed by atoms with Crippen molar-refractivity contribution in [2.45, 2.75) is 13.5 Å². The summed E-state index contributed by atoms with van der Waals surface area (Å²) in [6.45, 7) is 2.71. The fraction of sp³-hybridized carbons (Fsp3) is 0.222. The molecule has 0 fully saturated rings. The van der Waals surface area contributed by atoms with Gasteiger partial charge in [-0.25, -0.2) is 15.0 Å². The number of aryl methyl sites for hydroxylation is 1. The van der Waals surface area contributed by atoms with E-state index in [0.717, 1.165) is 20.1 Å². The first-order chi connectivity index (χ1) is 7.25. The molecule has 2 heterocycles. The second kappa shape index (κ2) is 4.84. The van der Waals surface area contributed by atoms with Gasteiger partial charge in [-0.3, -0.25) is 0 Å². The van der Waals surface area contributed by atoms with Gasteiger partial charge in [-0.1, -0.05) is 0 Å². The average molecular weight is 332 g/mol. The van der Waals surface area contributed by atoms with Gasteiger partial charge in [0.15, 0.2) is 0 Å². The largest absolute Gasteiger partial charge is 0.363 e. The molecule has 0 saturated carbocycles. The van der Waals surface area contributed by atoms with E-state index in [1.807, 2.05) is 6.92 Å². The van der Waals surface area contributed by atoms with Gasteiger partial charge in [0, 0.05) is 11.6 Å². The molecule has 4 nitrogen and oxygen atoms in total. The highest BCUT2D eigenvalue weighted by molar-refractivity contribution is 14.1. The third-order valence-corrected chi connectivity index (χ3v) is 3.38. The Labute approximate surface area is 105 Å². The molecule has 0 bridgehead atoms. The molecule has 0 aliphatic carbocycles. The highest BCUT2D eigenvalue weighted by Gasteiger charge is 2.01. The first-order valence-corrected chi connectivity index (χ1v) is 6.32. The summed E-state index contributed by atoms with van der Waals surface area (Å²) in [7, 11) is 0. The summed E-state index contributed by atoms with van der Waals surface area (Å²) in [6.07, 6.45) is 3.32. The summed E-state index contributed by atoms with van der Waals surface area (Å²) < 4.78 is 1.02. The minimum atomic E-state index is 0.706. The van der Waals surface area contributed by atoms with Crippen molar-refractivity contribution < 1.29 is 0 Å². The highest BCUT2D eigenvalue weighted by Crippen LogP contribution is 2.14. The predicted molar refractivity (Wildman–Crippen MR) is 68.9 cm³/mol. The van der Waals surface area contributed by atoms with Crippen LogP contribution in [0.1, 0.15) is 10.7 Å². The molecule has 0 amide bonds. The average Bonchev–Trinajstić information content (AvgIpc) is 2.63. The molecule has 0 aliphatic heterocycles. The normalized spacial score (nSPS) is 10.3. The van der Waals surface area contributed by atoms with Crippen LogP contribution in [0.2, 0.25) is 0 Å². The Morgan fingerprint density at radius 1 is 1.53 bits per heavy atom. The van der Waals surface area contributed by atoms with Crippen LogP contribution in [0.5, 0.6) is 0 Å². The zero-order valence-corrected chi connectivity index (χ0v) is 11.0. The van der Waals surface area contributed by atoms with Gasteiger partial charge in [-0.05, 0) is 29.5 Å². The van der Waals surface area contributed by atoms with Gasteiger partial charge >= 0.3 is 0 Å². The number of nitrogens with one attached hydrogen (secondary N) is 1. The SMILES string of the molecule is Cc1nc(CNc2ncncc2I)cs1. The zero-order valence-electron chi connectivity index (χ0n) is 8.07. The molecule has 0 aromatic carbocycles. The number of rotatable bonds is 3. The van der Waals surface area contributed by atoms with Crippen molar-refractivity contribution in [3.05, 3.63) is 32.2 Å². The van der Waals surface area contributed by atoms with Crippen molar-refractivity contribution >= 4 is 39.7 Å². The van der Waals surface area contributed by atoms with Crippen LogP contribution in [-0.4, -0.2) is 15.0 Å². The topological polar surface area (TPSA) is 50.7 Å². The smallest absolute Gasteiger partial charge is 0.143 e. The van der Waals surface area contributed by atoms with Gasteiger partial charge in [-0.2, -0.15) is 0 Å². The second-order valence-electron chi connectivity index (χ2n) is 2.93. The number of thiazole rings is 1. The lowest BCUT2D eigenvalue weighted by Crippen LogP contribution is -2.03. The maximum absolute atomic E-state index is 4.37. The van der Waals surface area contributed by atoms with E-state index in [4.69, 9.17) is 0 Å². The Morgan fingerprint density at radius 3 is 3.07 bits per heavy atom. The standard InChI is InChI=1S/C9H9IN4S/c1-6-14-7(4-15-6)2-12-9-8(10)3-11-5-13-9/h3-5H,2H2,1H3,(H,11,12,13). The summed E-state index contributed by atoms with van der Waals surface area (Å²) in [5.41, 5.74) is 1.05. The maximum atomic E-state index is 4.37. The van der Waals surface area contributed by atoms with Gasteiger partial charge in [0.2, 0.25) is 0 Å². The van der Waals surface area contributed by atoms with Crippen LogP contribution in [0.3, 0.4) is 0 Å². The van der Waals surface area contributed by atoms with E-state index >= 15 is 0 Å². The van der Waals surface area contributed by atoms with E-state index in [1.165, 1.54) is 6.33 Å². The number of nitrogens with zero attached hydrogens (tertiary/aromatic N) is 3. The quantitative estimate of drug-likeness (QED) is 0.878. The molecule has 2 aromatic heterocycles. The summed E-state index contributed by atoms with van der Waals surface area (Å²) >= 11 is 3.86. The lowest BCUT2D eigenvalue weighted by molar-refractivity contribution is 1.02. The van der Waals surface area contributed by atoms with E-state index in [9.17, 15) is 0 Å². The number of hydrogen-bond acceptors (Lipinski definition) is 5. The number of anilines is 1. The van der Waals surface area contributed by atoms with Crippen LogP contribution in [0.25, 0.3) is 0 Å². The van der Waals surface area contributed by atoms with E-state index in [1.54, 1.807) is 17.5 Å². The first kappa shape index (κ1) is 10.7. The molecule has 2 rings (SSSR count). The molecule has 0 saturated heterocycles. The predicted octanol–water partition coefficient (Wildman–Crippen LogP) is 2.46. The fourth-order valence-corrected chi connectivity index (χ4v) is 2.21. The maximum Gasteiger partial charge on any atom is 0.143 e. The van der Waals surface area contributed by atoms with Gasteiger partial charge < -0.3 is 5.32 Å². The van der Waals surface area contributed by atoms with E-state index < -0.39 is 0 Å². The molecule has 2 aromatic rings. The molecular weight excluding hydrogens is 323 g/mol. The van der Waals surface area contributed by atoms with E-state index in [0.29, 0.717) is 6.54 Å². The Morgan fingerprint density at radius 2 is 2.40 bits per heavy atom. The molecule has 1 N–H and O–H groups in total.